The van der Waals surface area contributed by atoms with Crippen LogP contribution in [0, 0.1) is 11.8 Å². The standard InChI is InChI=1S/C19H15ClN4O2/c1-11-2-7-14(24-26)10-16(11)15-8-9-17(22-18(15)21)23-19(25)12-3-5-13(20)6-4-12/h2-10H,1H3,(H3,21,22,23,25). The van der Waals surface area contributed by atoms with Gasteiger partial charge in [0.15, 0.2) is 0 Å². The second-order valence-electron chi connectivity index (χ2n) is 5.68. The molecule has 0 fully saturated rings. The highest BCUT2D eigenvalue weighted by molar-refractivity contribution is 6.30. The van der Waals surface area contributed by atoms with E-state index in [0.717, 1.165) is 11.1 Å². The Morgan fingerprint density at radius 3 is 2.46 bits per heavy atom. The number of halogens is 1. The van der Waals surface area contributed by atoms with Gasteiger partial charge in [0.25, 0.3) is 5.91 Å². The van der Waals surface area contributed by atoms with Crippen LogP contribution in [0.15, 0.2) is 59.8 Å². The Morgan fingerprint density at radius 1 is 1.08 bits per heavy atom. The van der Waals surface area contributed by atoms with Crippen molar-refractivity contribution in [3.63, 3.8) is 0 Å². The topological polar surface area (TPSA) is 97.4 Å². The molecular formula is C19H15ClN4O2. The highest BCUT2D eigenvalue weighted by Gasteiger charge is 2.12. The van der Waals surface area contributed by atoms with E-state index in [1.807, 2.05) is 6.92 Å². The lowest BCUT2D eigenvalue weighted by atomic mass is 10.0. The van der Waals surface area contributed by atoms with Gasteiger partial charge in [-0.1, -0.05) is 17.7 Å². The summed E-state index contributed by atoms with van der Waals surface area (Å²) in [5, 5.41) is 6.19. The third-order valence-electron chi connectivity index (χ3n) is 3.89. The number of hydrogen-bond donors (Lipinski definition) is 2. The number of nitroso groups, excluding NO2 is 1. The van der Waals surface area contributed by atoms with Crippen LogP contribution in [-0.2, 0) is 0 Å². The Bertz CT molecular complexity index is 987. The SMILES string of the molecule is Cc1ccc(N=O)cc1-c1ccc(NC(=O)c2ccc(Cl)cc2)nc1N. The summed E-state index contributed by atoms with van der Waals surface area (Å²) in [6.45, 7) is 1.90. The summed E-state index contributed by atoms with van der Waals surface area (Å²) in [6.07, 6.45) is 0. The first-order chi connectivity index (χ1) is 12.5. The Morgan fingerprint density at radius 2 is 1.81 bits per heavy atom. The minimum absolute atomic E-state index is 0.241. The van der Waals surface area contributed by atoms with Crippen molar-refractivity contribution in [2.24, 2.45) is 5.18 Å². The molecule has 0 atom stereocenters. The highest BCUT2D eigenvalue weighted by atomic mass is 35.5. The Balaban J connectivity index is 1.87. The van der Waals surface area contributed by atoms with Crippen LogP contribution >= 0.6 is 11.6 Å². The quantitative estimate of drug-likeness (QED) is 0.639. The molecule has 1 heterocycles. The van der Waals surface area contributed by atoms with Crippen molar-refractivity contribution in [2.45, 2.75) is 6.92 Å². The molecule has 3 rings (SSSR count). The predicted molar refractivity (Wildman–Crippen MR) is 104 cm³/mol. The summed E-state index contributed by atoms with van der Waals surface area (Å²) in [4.78, 5) is 27.3. The maximum Gasteiger partial charge on any atom is 0.256 e. The first-order valence-electron chi connectivity index (χ1n) is 7.76. The number of aromatic nitrogens is 1. The largest absolute Gasteiger partial charge is 0.383 e. The summed E-state index contributed by atoms with van der Waals surface area (Å²) < 4.78 is 0. The zero-order chi connectivity index (χ0) is 18.7. The number of aryl methyl sites for hydroxylation is 1. The number of nitrogens with one attached hydrogen (secondary N) is 1. The number of anilines is 2. The lowest BCUT2D eigenvalue weighted by Gasteiger charge is -2.11. The third kappa shape index (κ3) is 3.70. The maximum atomic E-state index is 12.2. The number of carbonyl (C=O) groups excluding carboxylic acids is 1. The number of carbonyl (C=O) groups is 1. The number of nitrogens with zero attached hydrogens (tertiary/aromatic N) is 2. The molecule has 26 heavy (non-hydrogen) atoms. The van der Waals surface area contributed by atoms with E-state index in [-0.39, 0.29) is 11.7 Å². The van der Waals surface area contributed by atoms with Gasteiger partial charge in [-0.2, -0.15) is 0 Å². The van der Waals surface area contributed by atoms with Crippen molar-refractivity contribution in [3.05, 3.63) is 75.7 Å². The van der Waals surface area contributed by atoms with Crippen LogP contribution < -0.4 is 11.1 Å². The number of nitrogen functional groups attached to an aromatic ring is 1. The molecule has 0 aliphatic carbocycles. The molecule has 1 aromatic heterocycles. The summed E-state index contributed by atoms with van der Waals surface area (Å²) >= 11 is 5.82. The minimum atomic E-state index is -0.315. The maximum absolute atomic E-state index is 12.2. The van der Waals surface area contributed by atoms with Crippen molar-refractivity contribution in [1.29, 1.82) is 0 Å². The molecule has 130 valence electrons. The van der Waals surface area contributed by atoms with Crippen LogP contribution in [0.4, 0.5) is 17.3 Å². The molecule has 6 nitrogen and oxygen atoms in total. The van der Waals surface area contributed by atoms with Crippen LogP contribution in [0.2, 0.25) is 5.02 Å². The van der Waals surface area contributed by atoms with Crippen LogP contribution in [0.5, 0.6) is 0 Å². The van der Waals surface area contributed by atoms with Gasteiger partial charge < -0.3 is 11.1 Å². The molecule has 1 amide bonds. The number of rotatable bonds is 4. The average molecular weight is 367 g/mol. The van der Waals surface area contributed by atoms with Gasteiger partial charge in [-0.05, 0) is 71.8 Å². The van der Waals surface area contributed by atoms with E-state index in [0.29, 0.717) is 27.7 Å². The van der Waals surface area contributed by atoms with Crippen molar-refractivity contribution >= 4 is 34.8 Å². The smallest absolute Gasteiger partial charge is 0.256 e. The van der Waals surface area contributed by atoms with Crippen LogP contribution in [-0.4, -0.2) is 10.9 Å². The van der Waals surface area contributed by atoms with Crippen molar-refractivity contribution in [2.75, 3.05) is 11.1 Å². The fraction of sp³-hybridized carbons (Fsp3) is 0.0526. The van der Waals surface area contributed by atoms with E-state index in [1.54, 1.807) is 54.6 Å². The number of amides is 1. The average Bonchev–Trinajstić information content (AvgIpc) is 2.63. The van der Waals surface area contributed by atoms with Crippen LogP contribution in [0.25, 0.3) is 11.1 Å². The van der Waals surface area contributed by atoms with Crippen molar-refractivity contribution < 1.29 is 4.79 Å². The first kappa shape index (κ1) is 17.6. The van der Waals surface area contributed by atoms with E-state index in [1.165, 1.54) is 0 Å². The van der Waals surface area contributed by atoms with Crippen LogP contribution in [0.1, 0.15) is 15.9 Å². The van der Waals surface area contributed by atoms with Gasteiger partial charge in [0.05, 0.1) is 0 Å². The van der Waals surface area contributed by atoms with E-state index in [4.69, 9.17) is 17.3 Å². The van der Waals surface area contributed by atoms with Gasteiger partial charge in [0.2, 0.25) is 0 Å². The highest BCUT2D eigenvalue weighted by Crippen LogP contribution is 2.31. The molecule has 3 N–H and O–H groups in total. The Labute approximate surface area is 155 Å². The lowest BCUT2D eigenvalue weighted by molar-refractivity contribution is 0.102. The monoisotopic (exact) mass is 366 g/mol. The van der Waals surface area contributed by atoms with Crippen molar-refractivity contribution in [1.82, 2.24) is 4.98 Å². The number of benzene rings is 2. The molecular weight excluding hydrogens is 352 g/mol. The van der Waals surface area contributed by atoms with Crippen molar-refractivity contribution in [3.8, 4) is 11.1 Å². The molecule has 0 saturated carbocycles. The second kappa shape index (κ2) is 7.33. The normalized spacial score (nSPS) is 10.4. The molecule has 0 bridgehead atoms. The molecule has 0 spiro atoms. The molecule has 0 saturated heterocycles. The van der Waals surface area contributed by atoms with Gasteiger partial charge in [0.1, 0.15) is 17.3 Å². The lowest BCUT2D eigenvalue weighted by Crippen LogP contribution is -2.13. The summed E-state index contributed by atoms with van der Waals surface area (Å²) in [7, 11) is 0. The molecule has 0 aliphatic heterocycles. The van der Waals surface area contributed by atoms with Gasteiger partial charge in [-0.3, -0.25) is 4.79 Å². The van der Waals surface area contributed by atoms with E-state index >= 15 is 0 Å². The van der Waals surface area contributed by atoms with Gasteiger partial charge in [0, 0.05) is 16.1 Å². The predicted octanol–water partition coefficient (Wildman–Crippen LogP) is 4.94. The van der Waals surface area contributed by atoms with Gasteiger partial charge in [-0.15, -0.1) is 4.91 Å². The Hall–Kier alpha value is -3.25. The third-order valence-corrected chi connectivity index (χ3v) is 4.14. The summed E-state index contributed by atoms with van der Waals surface area (Å²) in [6, 6.07) is 15.0. The van der Waals surface area contributed by atoms with Crippen LogP contribution in [0.3, 0.4) is 0 Å². The fourth-order valence-electron chi connectivity index (χ4n) is 2.52. The van der Waals surface area contributed by atoms with E-state index < -0.39 is 0 Å². The van der Waals surface area contributed by atoms with Gasteiger partial charge in [-0.25, -0.2) is 4.98 Å². The number of hydrogen-bond acceptors (Lipinski definition) is 5. The van der Waals surface area contributed by atoms with E-state index in [2.05, 4.69) is 15.5 Å². The number of pyridine rings is 1. The molecule has 0 unspecified atom stereocenters. The number of nitrogens with two attached hydrogens (primary N) is 1. The van der Waals surface area contributed by atoms with E-state index in [9.17, 15) is 9.70 Å². The van der Waals surface area contributed by atoms with Gasteiger partial charge >= 0.3 is 0 Å². The molecule has 0 radical (unpaired) electrons. The zero-order valence-electron chi connectivity index (χ0n) is 13.9. The molecule has 3 aromatic rings. The zero-order valence-corrected chi connectivity index (χ0v) is 14.6. The first-order valence-corrected chi connectivity index (χ1v) is 8.13. The molecule has 7 heteroatoms. The molecule has 2 aromatic carbocycles. The summed E-state index contributed by atoms with van der Waals surface area (Å²) in [5.41, 5.74) is 9.19. The fourth-order valence-corrected chi connectivity index (χ4v) is 2.64. The minimum Gasteiger partial charge on any atom is -0.383 e. The Kier molecular flexibility index (Phi) is 4.95. The summed E-state index contributed by atoms with van der Waals surface area (Å²) in [5.74, 6) is 0.253. The molecule has 0 aliphatic rings. The second-order valence-corrected chi connectivity index (χ2v) is 6.12.